The molecular formula is C11H14BF4N. The van der Waals surface area contributed by atoms with E-state index in [1.165, 1.54) is 11.3 Å². The molecule has 1 aromatic rings. The zero-order chi connectivity index (χ0) is 13.1. The van der Waals surface area contributed by atoms with Gasteiger partial charge in [0.2, 0.25) is 0 Å². The average molecular weight is 247 g/mol. The zero-order valence-corrected chi connectivity index (χ0v) is 9.58. The Morgan fingerprint density at radius 1 is 1.18 bits per heavy atom. The standard InChI is InChI=1S/C11H13N.BF4/c1-9-7-8-10-5-3-4-6-11(10)12(9)2;2-1(3,4)5/h3-9H,1-2H3;/q;-1/p+1. The fraction of sp³-hybridized carbons (Fsp3) is 0.273. The number of anilines is 1. The van der Waals surface area contributed by atoms with Gasteiger partial charge in [0.15, 0.2) is 0 Å². The second-order valence-corrected chi connectivity index (χ2v) is 3.76. The van der Waals surface area contributed by atoms with Crippen molar-refractivity contribution >= 4 is 19.0 Å². The van der Waals surface area contributed by atoms with Gasteiger partial charge >= 0.3 is 8.68 Å². The minimum atomic E-state index is -6.00. The number of nitrogens with zero attached hydrogens (tertiary/aromatic N) is 1. The number of hydrogen-bond acceptors (Lipinski definition) is 1. The monoisotopic (exact) mass is 247 g/mol. The summed E-state index contributed by atoms with van der Waals surface area (Å²) in [7, 11) is -3.87. The van der Waals surface area contributed by atoms with Crippen molar-refractivity contribution in [2.24, 2.45) is 0 Å². The van der Waals surface area contributed by atoms with Crippen LogP contribution in [-0.2, 0) is 0 Å². The van der Waals surface area contributed by atoms with Crippen LogP contribution in [0.1, 0.15) is 13.9 Å². The first-order valence-corrected chi connectivity index (χ1v) is 5.16. The lowest BCUT2D eigenvalue weighted by Crippen LogP contribution is -2.29. The number of para-hydroxylation sites is 1. The number of hydrogen-bond donors (Lipinski definition) is 0. The number of likely N-dealkylation sites (N-methyl/N-ethyl adjacent to an activating group) is 1. The smallest absolute Gasteiger partial charge is 0.418 e. The lowest BCUT2D eigenvalue weighted by molar-refractivity contribution is 0.368. The van der Waals surface area contributed by atoms with Crippen LogP contribution < -0.4 is 4.90 Å². The molecule has 1 atom stereocenters. The van der Waals surface area contributed by atoms with Gasteiger partial charge in [-0.25, -0.2) is 0 Å². The van der Waals surface area contributed by atoms with E-state index in [-0.39, 0.29) is 1.43 Å². The van der Waals surface area contributed by atoms with Crippen molar-refractivity contribution in [1.82, 2.24) is 0 Å². The molecule has 1 aromatic carbocycles. The van der Waals surface area contributed by atoms with Crippen molar-refractivity contribution in [3.05, 3.63) is 35.9 Å². The molecule has 0 saturated heterocycles. The van der Waals surface area contributed by atoms with Gasteiger partial charge in [-0.2, -0.15) is 0 Å². The van der Waals surface area contributed by atoms with Crippen LogP contribution in [0.2, 0.25) is 0 Å². The maximum atomic E-state index is 9.75. The zero-order valence-electron chi connectivity index (χ0n) is 10.6. The highest BCUT2D eigenvalue weighted by Gasteiger charge is 2.20. The Kier molecular flexibility index (Phi) is 4.20. The summed E-state index contributed by atoms with van der Waals surface area (Å²) in [5.74, 6) is 0. The molecular weight excluding hydrogens is 233 g/mol. The maximum absolute atomic E-state index is 9.75. The predicted octanol–water partition coefficient (Wildman–Crippen LogP) is 3.95. The first-order valence-electron chi connectivity index (χ1n) is 5.16. The fourth-order valence-corrected chi connectivity index (χ4v) is 1.54. The third-order valence-electron chi connectivity index (χ3n) is 2.48. The highest BCUT2D eigenvalue weighted by atomic mass is 19.5. The van der Waals surface area contributed by atoms with E-state index in [4.69, 9.17) is 0 Å². The number of fused-ring (bicyclic) bond motifs is 1. The number of rotatable bonds is 0. The third kappa shape index (κ3) is 4.50. The average Bonchev–Trinajstić information content (AvgIpc) is 2.22. The normalized spacial score (nSPS) is 18.2. The van der Waals surface area contributed by atoms with Crippen molar-refractivity contribution in [3.63, 3.8) is 0 Å². The molecule has 2 rings (SSSR count). The van der Waals surface area contributed by atoms with E-state index in [9.17, 15) is 17.3 Å². The van der Waals surface area contributed by atoms with Crippen LogP contribution in [0, 0.1) is 0 Å². The first-order chi connectivity index (χ1) is 7.79. The lowest BCUT2D eigenvalue weighted by atomic mass is 10.1. The first kappa shape index (κ1) is 13.6. The molecule has 1 unspecified atom stereocenters. The van der Waals surface area contributed by atoms with E-state index in [1.807, 2.05) is 0 Å². The minimum absolute atomic E-state index is 0. The van der Waals surface area contributed by atoms with Crippen LogP contribution in [0.25, 0.3) is 6.08 Å². The second kappa shape index (κ2) is 5.25. The van der Waals surface area contributed by atoms with Gasteiger partial charge in [-0.05, 0) is 18.6 Å². The molecule has 1 nitrogen and oxygen atoms in total. The molecule has 94 valence electrons. The molecule has 1 heterocycles. The molecule has 0 N–H and O–H groups in total. The van der Waals surface area contributed by atoms with Gasteiger partial charge in [0.25, 0.3) is 0 Å². The summed E-state index contributed by atoms with van der Waals surface area (Å²) in [6, 6.07) is 8.98. The fourth-order valence-electron chi connectivity index (χ4n) is 1.54. The molecule has 0 spiro atoms. The van der Waals surface area contributed by atoms with Crippen molar-refractivity contribution in [2.75, 3.05) is 11.9 Å². The van der Waals surface area contributed by atoms with Crippen LogP contribution in [0.4, 0.5) is 23.0 Å². The third-order valence-corrected chi connectivity index (χ3v) is 2.48. The van der Waals surface area contributed by atoms with Gasteiger partial charge in [-0.1, -0.05) is 30.4 Å². The second-order valence-electron chi connectivity index (χ2n) is 3.76. The Morgan fingerprint density at radius 2 is 1.71 bits per heavy atom. The van der Waals surface area contributed by atoms with E-state index < -0.39 is 7.25 Å². The minimum Gasteiger partial charge on any atom is -0.418 e. The van der Waals surface area contributed by atoms with Crippen molar-refractivity contribution in [1.29, 1.82) is 0 Å². The van der Waals surface area contributed by atoms with Gasteiger partial charge in [-0.15, -0.1) is 0 Å². The Balaban J connectivity index is 0.000000421. The summed E-state index contributed by atoms with van der Waals surface area (Å²) in [4.78, 5) is 2.29. The molecule has 0 fully saturated rings. The number of halogens is 4. The van der Waals surface area contributed by atoms with Crippen LogP contribution in [0.3, 0.4) is 0 Å². The summed E-state index contributed by atoms with van der Waals surface area (Å²) in [6.45, 7) is 2.20. The summed E-state index contributed by atoms with van der Waals surface area (Å²) in [5, 5.41) is 0. The van der Waals surface area contributed by atoms with E-state index in [1.54, 1.807) is 0 Å². The van der Waals surface area contributed by atoms with Crippen molar-refractivity contribution in [2.45, 2.75) is 13.0 Å². The van der Waals surface area contributed by atoms with Crippen LogP contribution >= 0.6 is 0 Å². The van der Waals surface area contributed by atoms with E-state index >= 15 is 0 Å². The van der Waals surface area contributed by atoms with Gasteiger partial charge < -0.3 is 22.2 Å². The summed E-state index contributed by atoms with van der Waals surface area (Å²) in [5.41, 5.74) is 2.64. The van der Waals surface area contributed by atoms with E-state index in [2.05, 4.69) is 55.3 Å². The van der Waals surface area contributed by atoms with E-state index in [0.29, 0.717) is 6.04 Å². The summed E-state index contributed by atoms with van der Waals surface area (Å²) >= 11 is 0. The maximum Gasteiger partial charge on any atom is 1.00 e. The molecule has 0 aromatic heterocycles. The highest BCUT2D eigenvalue weighted by molar-refractivity contribution is 6.50. The van der Waals surface area contributed by atoms with Crippen LogP contribution in [0.15, 0.2) is 30.3 Å². The lowest BCUT2D eigenvalue weighted by Gasteiger charge is -2.29. The largest absolute Gasteiger partial charge is 1.00 e. The SMILES string of the molecule is CC1C=Cc2ccccc2N1C.F[B-](F)(F)F.[H+]. The molecule has 6 heteroatoms. The topological polar surface area (TPSA) is 3.24 Å². The van der Waals surface area contributed by atoms with Gasteiger partial charge in [0.05, 0.1) is 0 Å². The van der Waals surface area contributed by atoms with E-state index in [0.717, 1.165) is 0 Å². The Labute approximate surface area is 99.3 Å². The van der Waals surface area contributed by atoms with Crippen LogP contribution in [0.5, 0.6) is 0 Å². The van der Waals surface area contributed by atoms with Crippen LogP contribution in [-0.4, -0.2) is 20.3 Å². The molecule has 17 heavy (non-hydrogen) atoms. The molecule has 0 radical (unpaired) electrons. The molecule has 1 aliphatic rings. The Morgan fingerprint density at radius 3 is 2.29 bits per heavy atom. The summed E-state index contributed by atoms with van der Waals surface area (Å²) < 4.78 is 39.0. The van der Waals surface area contributed by atoms with Crippen molar-refractivity contribution < 1.29 is 18.7 Å². The Hall–Kier alpha value is -1.46. The van der Waals surface area contributed by atoms with Gasteiger partial charge in [0.1, 0.15) is 0 Å². The molecule has 0 saturated carbocycles. The number of benzene rings is 1. The van der Waals surface area contributed by atoms with Crippen molar-refractivity contribution in [3.8, 4) is 0 Å². The molecule has 0 amide bonds. The Bertz CT molecular complexity index is 402. The molecule has 0 bridgehead atoms. The summed E-state index contributed by atoms with van der Waals surface area (Å²) in [6.07, 6.45) is 4.42. The van der Waals surface area contributed by atoms with Gasteiger partial charge in [0, 0.05) is 18.8 Å². The molecule has 0 aliphatic carbocycles. The molecule has 1 aliphatic heterocycles. The predicted molar refractivity (Wildman–Crippen MR) is 64.6 cm³/mol. The highest BCUT2D eigenvalue weighted by Crippen LogP contribution is 2.26. The van der Waals surface area contributed by atoms with Gasteiger partial charge in [-0.3, -0.25) is 0 Å². The quantitative estimate of drug-likeness (QED) is 0.495.